The lowest BCUT2D eigenvalue weighted by atomic mass is 10.1. The molecular formula is C13H22ClNO. The third-order valence-electron chi connectivity index (χ3n) is 2.80. The first-order chi connectivity index (χ1) is 7.27. The molecule has 16 heavy (non-hydrogen) atoms. The van der Waals surface area contributed by atoms with Gasteiger partial charge in [0.1, 0.15) is 0 Å². The molecule has 0 aromatic heterocycles. The number of hydrogen-bond acceptors (Lipinski definition) is 2. The molecular weight excluding hydrogens is 222 g/mol. The second kappa shape index (κ2) is 8.57. The van der Waals surface area contributed by atoms with E-state index in [1.165, 1.54) is 0 Å². The Balaban J connectivity index is 0.00000225. The summed E-state index contributed by atoms with van der Waals surface area (Å²) in [6, 6.07) is 9.87. The van der Waals surface area contributed by atoms with E-state index in [-0.39, 0.29) is 18.5 Å². The summed E-state index contributed by atoms with van der Waals surface area (Å²) < 4.78 is 0. The molecule has 0 fully saturated rings. The molecule has 2 nitrogen and oxygen atoms in total. The molecule has 0 saturated carbocycles. The van der Waals surface area contributed by atoms with Crippen molar-refractivity contribution in [2.75, 3.05) is 19.6 Å². The minimum atomic E-state index is -0.327. The van der Waals surface area contributed by atoms with E-state index in [0.717, 1.165) is 31.6 Å². The molecule has 0 saturated heterocycles. The van der Waals surface area contributed by atoms with Crippen molar-refractivity contribution in [2.24, 2.45) is 0 Å². The molecule has 0 heterocycles. The van der Waals surface area contributed by atoms with E-state index >= 15 is 0 Å². The van der Waals surface area contributed by atoms with Gasteiger partial charge in [-0.1, -0.05) is 44.2 Å². The van der Waals surface area contributed by atoms with Gasteiger partial charge in [-0.25, -0.2) is 0 Å². The van der Waals surface area contributed by atoms with Gasteiger partial charge in [0.15, 0.2) is 0 Å². The maximum absolute atomic E-state index is 9.93. The molecule has 0 spiro atoms. The van der Waals surface area contributed by atoms with Gasteiger partial charge in [-0.05, 0) is 25.1 Å². The van der Waals surface area contributed by atoms with E-state index in [0.29, 0.717) is 0 Å². The van der Waals surface area contributed by atoms with Crippen LogP contribution in [0.15, 0.2) is 30.3 Å². The van der Waals surface area contributed by atoms with Crippen molar-refractivity contribution < 1.29 is 5.11 Å². The molecule has 1 rings (SSSR count). The van der Waals surface area contributed by atoms with E-state index in [1.807, 2.05) is 30.3 Å². The van der Waals surface area contributed by atoms with Gasteiger partial charge in [-0.15, -0.1) is 12.4 Å². The second-order valence-corrected chi connectivity index (χ2v) is 3.74. The number of rotatable bonds is 6. The summed E-state index contributed by atoms with van der Waals surface area (Å²) in [4.78, 5) is 2.33. The van der Waals surface area contributed by atoms with Crippen LogP contribution in [0.2, 0.25) is 0 Å². The Morgan fingerprint density at radius 2 is 1.69 bits per heavy atom. The van der Waals surface area contributed by atoms with Gasteiger partial charge in [0.25, 0.3) is 0 Å². The Labute approximate surface area is 105 Å². The number of aliphatic hydroxyl groups excluding tert-OH is 1. The predicted octanol–water partition coefficient (Wildman–Crippen LogP) is 2.87. The quantitative estimate of drug-likeness (QED) is 0.831. The molecule has 0 radical (unpaired) electrons. The lowest BCUT2D eigenvalue weighted by Gasteiger charge is -2.20. The third-order valence-corrected chi connectivity index (χ3v) is 2.80. The second-order valence-electron chi connectivity index (χ2n) is 3.74. The van der Waals surface area contributed by atoms with Gasteiger partial charge >= 0.3 is 0 Å². The number of halogens is 1. The lowest BCUT2D eigenvalue weighted by molar-refractivity contribution is 0.145. The van der Waals surface area contributed by atoms with Crippen LogP contribution in [0.5, 0.6) is 0 Å². The zero-order valence-corrected chi connectivity index (χ0v) is 10.9. The minimum Gasteiger partial charge on any atom is -0.388 e. The highest BCUT2D eigenvalue weighted by molar-refractivity contribution is 5.85. The zero-order chi connectivity index (χ0) is 11.1. The Morgan fingerprint density at radius 3 is 2.19 bits per heavy atom. The summed E-state index contributed by atoms with van der Waals surface area (Å²) >= 11 is 0. The van der Waals surface area contributed by atoms with Crippen molar-refractivity contribution in [3.05, 3.63) is 35.9 Å². The number of aliphatic hydroxyl groups is 1. The van der Waals surface area contributed by atoms with Crippen LogP contribution in [0.4, 0.5) is 0 Å². The van der Waals surface area contributed by atoms with Crippen LogP contribution in [-0.2, 0) is 0 Å². The Morgan fingerprint density at radius 1 is 1.12 bits per heavy atom. The van der Waals surface area contributed by atoms with Gasteiger partial charge in [0.2, 0.25) is 0 Å². The van der Waals surface area contributed by atoms with Gasteiger partial charge in [0.05, 0.1) is 6.10 Å². The van der Waals surface area contributed by atoms with Gasteiger partial charge in [-0.3, -0.25) is 0 Å². The maximum Gasteiger partial charge on any atom is 0.0802 e. The van der Waals surface area contributed by atoms with Crippen molar-refractivity contribution in [3.8, 4) is 0 Å². The largest absolute Gasteiger partial charge is 0.388 e. The van der Waals surface area contributed by atoms with Crippen LogP contribution < -0.4 is 0 Å². The molecule has 1 atom stereocenters. The normalized spacial score (nSPS) is 12.2. The van der Waals surface area contributed by atoms with Crippen LogP contribution in [0.1, 0.15) is 31.9 Å². The fourth-order valence-corrected chi connectivity index (χ4v) is 1.69. The highest BCUT2D eigenvalue weighted by atomic mass is 35.5. The first-order valence-corrected chi connectivity index (χ1v) is 5.73. The summed E-state index contributed by atoms with van der Waals surface area (Å²) in [6.45, 7) is 7.37. The molecule has 3 heteroatoms. The van der Waals surface area contributed by atoms with Crippen molar-refractivity contribution in [3.63, 3.8) is 0 Å². The minimum absolute atomic E-state index is 0. The summed E-state index contributed by atoms with van der Waals surface area (Å²) in [5.74, 6) is 0. The van der Waals surface area contributed by atoms with Crippen LogP contribution in [0.25, 0.3) is 0 Å². The lowest BCUT2D eigenvalue weighted by Crippen LogP contribution is -2.25. The topological polar surface area (TPSA) is 23.5 Å². The predicted molar refractivity (Wildman–Crippen MR) is 71.1 cm³/mol. The number of hydrogen-bond donors (Lipinski definition) is 1. The van der Waals surface area contributed by atoms with Crippen molar-refractivity contribution in [1.29, 1.82) is 0 Å². The molecule has 0 aliphatic rings. The molecule has 0 amide bonds. The first kappa shape index (κ1) is 15.4. The molecule has 0 bridgehead atoms. The summed E-state index contributed by atoms with van der Waals surface area (Å²) in [7, 11) is 0. The third kappa shape index (κ3) is 4.97. The smallest absolute Gasteiger partial charge is 0.0802 e. The van der Waals surface area contributed by atoms with Gasteiger partial charge < -0.3 is 10.0 Å². The highest BCUT2D eigenvalue weighted by Gasteiger charge is 2.08. The van der Waals surface area contributed by atoms with E-state index in [9.17, 15) is 5.11 Å². The zero-order valence-electron chi connectivity index (χ0n) is 10.1. The highest BCUT2D eigenvalue weighted by Crippen LogP contribution is 2.15. The monoisotopic (exact) mass is 243 g/mol. The average Bonchev–Trinajstić information content (AvgIpc) is 2.31. The molecule has 0 aliphatic heterocycles. The van der Waals surface area contributed by atoms with Crippen LogP contribution in [0.3, 0.4) is 0 Å². The van der Waals surface area contributed by atoms with Crippen molar-refractivity contribution in [2.45, 2.75) is 26.4 Å². The van der Waals surface area contributed by atoms with E-state index in [2.05, 4.69) is 18.7 Å². The molecule has 0 aliphatic carbocycles. The summed E-state index contributed by atoms with van der Waals surface area (Å²) in [6.07, 6.45) is 0.484. The van der Waals surface area contributed by atoms with Gasteiger partial charge in [-0.2, -0.15) is 0 Å². The first-order valence-electron chi connectivity index (χ1n) is 5.73. The number of nitrogens with zero attached hydrogens (tertiary/aromatic N) is 1. The fraction of sp³-hybridized carbons (Fsp3) is 0.538. The number of benzene rings is 1. The van der Waals surface area contributed by atoms with Crippen LogP contribution in [0, 0.1) is 0 Å². The standard InChI is InChI=1S/C13H21NO.ClH/c1-3-14(4-2)11-10-13(15)12-8-6-5-7-9-12;/h5-9,13,15H,3-4,10-11H2,1-2H3;1H. The van der Waals surface area contributed by atoms with E-state index < -0.39 is 0 Å². The SMILES string of the molecule is CCN(CC)CCC(O)c1ccccc1.Cl. The fourth-order valence-electron chi connectivity index (χ4n) is 1.69. The summed E-state index contributed by atoms with van der Waals surface area (Å²) in [5, 5.41) is 9.93. The van der Waals surface area contributed by atoms with Gasteiger partial charge in [0, 0.05) is 6.54 Å². The summed E-state index contributed by atoms with van der Waals surface area (Å²) in [5.41, 5.74) is 1.02. The molecule has 92 valence electrons. The Kier molecular flexibility index (Phi) is 8.26. The molecule has 1 N–H and O–H groups in total. The molecule has 1 unspecified atom stereocenters. The van der Waals surface area contributed by atoms with Crippen molar-refractivity contribution >= 4 is 12.4 Å². The van der Waals surface area contributed by atoms with Crippen molar-refractivity contribution in [1.82, 2.24) is 4.90 Å². The molecule has 1 aromatic rings. The Bertz CT molecular complexity index is 262. The Hall–Kier alpha value is -0.570. The average molecular weight is 244 g/mol. The van der Waals surface area contributed by atoms with Crippen LogP contribution >= 0.6 is 12.4 Å². The van der Waals surface area contributed by atoms with E-state index in [1.54, 1.807) is 0 Å². The van der Waals surface area contributed by atoms with E-state index in [4.69, 9.17) is 0 Å². The molecule has 1 aromatic carbocycles. The van der Waals surface area contributed by atoms with Crippen LogP contribution in [-0.4, -0.2) is 29.6 Å². The maximum atomic E-state index is 9.93.